The van der Waals surface area contributed by atoms with Crippen LogP contribution in [0.5, 0.6) is 0 Å². The molecule has 25 heavy (non-hydrogen) atoms. The first kappa shape index (κ1) is 17.3. The number of esters is 1. The van der Waals surface area contributed by atoms with Gasteiger partial charge in [0.15, 0.2) is 11.8 Å². The van der Waals surface area contributed by atoms with Gasteiger partial charge in [-0.25, -0.2) is 14.7 Å². The maximum atomic E-state index is 12.9. The summed E-state index contributed by atoms with van der Waals surface area (Å²) in [4.78, 5) is 50.6. The molecule has 0 saturated carbocycles. The lowest BCUT2D eigenvalue weighted by molar-refractivity contribution is -0.136. The molecule has 3 amide bonds. The van der Waals surface area contributed by atoms with Crippen LogP contribution in [0.25, 0.3) is 0 Å². The van der Waals surface area contributed by atoms with Crippen LogP contribution < -0.4 is 4.90 Å². The molecule has 8 nitrogen and oxygen atoms in total. The van der Waals surface area contributed by atoms with Crippen molar-refractivity contribution in [3.8, 4) is 0 Å². The molecule has 130 valence electrons. The van der Waals surface area contributed by atoms with Crippen molar-refractivity contribution in [3.05, 3.63) is 28.7 Å². The number of anilines is 1. The summed E-state index contributed by atoms with van der Waals surface area (Å²) in [5.74, 6) is -3.71. The minimum Gasteiger partial charge on any atom is -0.461 e. The van der Waals surface area contributed by atoms with Crippen molar-refractivity contribution < 1.29 is 23.9 Å². The number of rotatable bonds is 3. The van der Waals surface area contributed by atoms with Gasteiger partial charge >= 0.3 is 5.97 Å². The number of benzene rings is 1. The molecule has 0 N–H and O–H groups in total. The van der Waals surface area contributed by atoms with Gasteiger partial charge in [0.2, 0.25) is 11.8 Å². The zero-order chi connectivity index (χ0) is 18.3. The Kier molecular flexibility index (Phi) is 4.42. The summed E-state index contributed by atoms with van der Waals surface area (Å²) >= 11 is 3.29. The molecule has 0 radical (unpaired) electrons. The third-order valence-corrected chi connectivity index (χ3v) is 4.42. The first-order valence-electron chi connectivity index (χ1n) is 7.55. The predicted molar refractivity (Wildman–Crippen MR) is 90.5 cm³/mol. The number of hydrazone groups is 1. The molecule has 2 aliphatic heterocycles. The van der Waals surface area contributed by atoms with Crippen LogP contribution in [0.1, 0.15) is 13.8 Å². The van der Waals surface area contributed by atoms with E-state index >= 15 is 0 Å². The fraction of sp³-hybridized carbons (Fsp3) is 0.312. The molecular formula is C16H14BrN3O5. The Balaban J connectivity index is 2.04. The number of fused-ring (bicyclic) bond motifs is 1. The van der Waals surface area contributed by atoms with Crippen molar-refractivity contribution in [2.75, 3.05) is 11.5 Å². The largest absolute Gasteiger partial charge is 0.461 e. The molecule has 1 aromatic carbocycles. The summed E-state index contributed by atoms with van der Waals surface area (Å²) in [6.45, 7) is 2.92. The molecule has 1 aromatic rings. The van der Waals surface area contributed by atoms with Crippen LogP contribution in [0.4, 0.5) is 5.69 Å². The summed E-state index contributed by atoms with van der Waals surface area (Å²) in [5.41, 5.74) is 0.128. The molecule has 2 atom stereocenters. The van der Waals surface area contributed by atoms with E-state index in [1.807, 2.05) is 0 Å². The molecule has 0 aliphatic carbocycles. The summed E-state index contributed by atoms with van der Waals surface area (Å²) in [5, 5.41) is 4.77. The molecule has 1 saturated heterocycles. The van der Waals surface area contributed by atoms with Gasteiger partial charge in [0.25, 0.3) is 5.91 Å². The van der Waals surface area contributed by atoms with Crippen LogP contribution in [0.15, 0.2) is 33.8 Å². The molecule has 0 bridgehead atoms. The maximum absolute atomic E-state index is 12.9. The standard InChI is InChI=1S/C16H14BrN3O5/c1-3-25-16(24)12-11-13(20(18-12)8(2)21)15(23)19(14(11)22)10-6-4-5-9(17)7-10/h4-7,11,13H,3H2,1-2H3/t11-,13-/m1/s1. The fourth-order valence-electron chi connectivity index (χ4n) is 2.92. The van der Waals surface area contributed by atoms with Crippen molar-refractivity contribution in [1.82, 2.24) is 5.01 Å². The Labute approximate surface area is 151 Å². The lowest BCUT2D eigenvalue weighted by Crippen LogP contribution is -2.41. The van der Waals surface area contributed by atoms with E-state index in [0.29, 0.717) is 10.2 Å². The smallest absolute Gasteiger partial charge is 0.355 e. The van der Waals surface area contributed by atoms with Gasteiger partial charge in [-0.2, -0.15) is 5.10 Å². The minimum absolute atomic E-state index is 0.0901. The molecule has 2 heterocycles. The molecule has 9 heteroatoms. The van der Waals surface area contributed by atoms with Crippen LogP contribution in [-0.4, -0.2) is 47.1 Å². The second-order valence-electron chi connectivity index (χ2n) is 5.48. The third-order valence-electron chi connectivity index (χ3n) is 3.92. The molecule has 3 rings (SSSR count). The molecule has 0 aromatic heterocycles. The maximum Gasteiger partial charge on any atom is 0.355 e. The zero-order valence-electron chi connectivity index (χ0n) is 13.4. The lowest BCUT2D eigenvalue weighted by atomic mass is 9.98. The van der Waals surface area contributed by atoms with Crippen molar-refractivity contribution in [3.63, 3.8) is 0 Å². The Bertz CT molecular complexity index is 822. The SMILES string of the molecule is CCOC(=O)C1=NN(C(C)=O)[C@H]2C(=O)N(c3cccc(Br)c3)C(=O)[C@H]12. The Morgan fingerprint density at radius 2 is 2.00 bits per heavy atom. The highest BCUT2D eigenvalue weighted by atomic mass is 79.9. The quantitative estimate of drug-likeness (QED) is 0.551. The number of hydrogen-bond donors (Lipinski definition) is 0. The van der Waals surface area contributed by atoms with Crippen molar-refractivity contribution in [2.24, 2.45) is 11.0 Å². The second kappa shape index (κ2) is 6.40. The highest BCUT2D eigenvalue weighted by molar-refractivity contribution is 9.10. The van der Waals surface area contributed by atoms with E-state index in [-0.39, 0.29) is 12.3 Å². The predicted octanol–water partition coefficient (Wildman–Crippen LogP) is 1.09. The Morgan fingerprint density at radius 3 is 2.60 bits per heavy atom. The van der Waals surface area contributed by atoms with E-state index in [1.54, 1.807) is 31.2 Å². The minimum atomic E-state index is -1.16. The average Bonchev–Trinajstić information content (AvgIpc) is 3.06. The van der Waals surface area contributed by atoms with Gasteiger partial charge in [-0.15, -0.1) is 0 Å². The van der Waals surface area contributed by atoms with Crippen molar-refractivity contribution >= 4 is 51.0 Å². The number of carbonyl (C=O) groups excluding carboxylic acids is 4. The van der Waals surface area contributed by atoms with Gasteiger partial charge in [-0.05, 0) is 25.1 Å². The lowest BCUT2D eigenvalue weighted by Gasteiger charge is -2.19. The number of amides is 3. The summed E-state index contributed by atoms with van der Waals surface area (Å²) < 4.78 is 5.59. The number of hydrogen-bond acceptors (Lipinski definition) is 6. The molecule has 2 aliphatic rings. The molecule has 0 spiro atoms. The van der Waals surface area contributed by atoms with Gasteiger partial charge in [-0.3, -0.25) is 14.4 Å². The van der Waals surface area contributed by atoms with Gasteiger partial charge < -0.3 is 4.74 Å². The third kappa shape index (κ3) is 2.74. The first-order valence-corrected chi connectivity index (χ1v) is 8.35. The highest BCUT2D eigenvalue weighted by Crippen LogP contribution is 2.36. The van der Waals surface area contributed by atoms with Crippen molar-refractivity contribution in [2.45, 2.75) is 19.9 Å². The summed E-state index contributed by atoms with van der Waals surface area (Å²) in [6.07, 6.45) is 0. The number of halogens is 1. The van der Waals surface area contributed by atoms with Gasteiger partial charge in [0.05, 0.1) is 12.3 Å². The Hall–Kier alpha value is -2.55. The molecular weight excluding hydrogens is 394 g/mol. The number of carbonyl (C=O) groups is 4. The van der Waals surface area contributed by atoms with Crippen LogP contribution in [-0.2, 0) is 23.9 Å². The van der Waals surface area contributed by atoms with Gasteiger partial charge in [0, 0.05) is 11.4 Å². The van der Waals surface area contributed by atoms with E-state index in [0.717, 1.165) is 9.91 Å². The number of imide groups is 1. The van der Waals surface area contributed by atoms with Crippen LogP contribution in [0.3, 0.4) is 0 Å². The monoisotopic (exact) mass is 407 g/mol. The van der Waals surface area contributed by atoms with Crippen LogP contribution >= 0.6 is 15.9 Å². The second-order valence-corrected chi connectivity index (χ2v) is 6.40. The van der Waals surface area contributed by atoms with Gasteiger partial charge in [0.1, 0.15) is 5.92 Å². The van der Waals surface area contributed by atoms with E-state index in [4.69, 9.17) is 4.74 Å². The highest BCUT2D eigenvalue weighted by Gasteiger charge is 2.59. The van der Waals surface area contributed by atoms with Gasteiger partial charge in [-0.1, -0.05) is 22.0 Å². The average molecular weight is 408 g/mol. The number of ether oxygens (including phenoxy) is 1. The van der Waals surface area contributed by atoms with Crippen molar-refractivity contribution in [1.29, 1.82) is 0 Å². The molecule has 1 fully saturated rings. The summed E-state index contributed by atoms with van der Waals surface area (Å²) in [6, 6.07) is 5.47. The summed E-state index contributed by atoms with van der Waals surface area (Å²) in [7, 11) is 0. The fourth-order valence-corrected chi connectivity index (χ4v) is 3.31. The molecule has 0 unspecified atom stereocenters. The Morgan fingerprint density at radius 1 is 1.28 bits per heavy atom. The first-order chi connectivity index (χ1) is 11.9. The zero-order valence-corrected chi connectivity index (χ0v) is 15.0. The topological polar surface area (TPSA) is 96.3 Å². The van der Waals surface area contributed by atoms with E-state index in [1.165, 1.54) is 6.92 Å². The normalized spacial score (nSPS) is 22.1. The van der Waals surface area contributed by atoms with E-state index < -0.39 is 35.7 Å². The van der Waals surface area contributed by atoms with Crippen LogP contribution in [0, 0.1) is 5.92 Å². The van der Waals surface area contributed by atoms with Crippen LogP contribution in [0.2, 0.25) is 0 Å². The van der Waals surface area contributed by atoms with E-state index in [2.05, 4.69) is 21.0 Å². The number of nitrogens with zero attached hydrogens (tertiary/aromatic N) is 3. The van der Waals surface area contributed by atoms with E-state index in [9.17, 15) is 19.2 Å².